The number of carbonyl (C=O) groups excluding carboxylic acids is 1. The van der Waals surface area contributed by atoms with Gasteiger partial charge in [0.25, 0.3) is 0 Å². The van der Waals surface area contributed by atoms with Gasteiger partial charge in [-0.3, -0.25) is 4.79 Å². The van der Waals surface area contributed by atoms with Crippen LogP contribution in [-0.2, 0) is 4.79 Å². The van der Waals surface area contributed by atoms with Crippen LogP contribution in [0.1, 0.15) is 23.5 Å². The summed E-state index contributed by atoms with van der Waals surface area (Å²) in [7, 11) is 2.92. The van der Waals surface area contributed by atoms with Gasteiger partial charge in [0.05, 0.1) is 32.4 Å². The Morgan fingerprint density at radius 1 is 1.20 bits per heavy atom. The monoisotopic (exact) mass is 358 g/mol. The lowest BCUT2D eigenvalue weighted by Gasteiger charge is -2.25. The van der Waals surface area contributed by atoms with Crippen molar-refractivity contribution in [2.75, 3.05) is 14.2 Å². The number of aromatic hydroxyl groups is 1. The third-order valence-corrected chi connectivity index (χ3v) is 4.82. The van der Waals surface area contributed by atoms with E-state index < -0.39 is 0 Å². The number of fused-ring (bicyclic) bond motifs is 3. The second-order valence-corrected chi connectivity index (χ2v) is 6.14. The quantitative estimate of drug-likeness (QED) is 0.568. The summed E-state index contributed by atoms with van der Waals surface area (Å²) in [4.78, 5) is 12.1. The molecule has 25 heavy (non-hydrogen) atoms. The van der Waals surface area contributed by atoms with Gasteiger partial charge in [-0.1, -0.05) is 0 Å². The molecular formula is C17H14N2O5S. The minimum atomic E-state index is -0.328. The SMILES string of the molecule is COc1cc([C@H]2CC(=O)Oc3ccc4nsnc4c32)cc(OC)c1O. The number of phenolic OH excluding ortho intramolecular Hbond substituents is 1. The van der Waals surface area contributed by atoms with Crippen molar-refractivity contribution in [1.29, 1.82) is 0 Å². The number of phenols is 1. The van der Waals surface area contributed by atoms with Gasteiger partial charge in [-0.15, -0.1) is 0 Å². The molecule has 0 bridgehead atoms. The van der Waals surface area contributed by atoms with Gasteiger partial charge in [0.2, 0.25) is 5.75 Å². The van der Waals surface area contributed by atoms with E-state index in [0.29, 0.717) is 11.3 Å². The summed E-state index contributed by atoms with van der Waals surface area (Å²) in [6.45, 7) is 0. The summed E-state index contributed by atoms with van der Waals surface area (Å²) < 4.78 is 24.5. The van der Waals surface area contributed by atoms with Gasteiger partial charge in [-0.05, 0) is 29.8 Å². The molecule has 0 unspecified atom stereocenters. The van der Waals surface area contributed by atoms with Crippen molar-refractivity contribution in [3.05, 3.63) is 35.4 Å². The molecule has 0 radical (unpaired) electrons. The van der Waals surface area contributed by atoms with Crippen LogP contribution in [0.25, 0.3) is 11.0 Å². The van der Waals surface area contributed by atoms with Crippen LogP contribution in [0.15, 0.2) is 24.3 Å². The van der Waals surface area contributed by atoms with E-state index in [1.54, 1.807) is 24.3 Å². The van der Waals surface area contributed by atoms with Crippen molar-refractivity contribution in [3.8, 4) is 23.0 Å². The fourth-order valence-corrected chi connectivity index (χ4v) is 3.66. The Bertz CT molecular complexity index is 959. The molecule has 0 saturated heterocycles. The van der Waals surface area contributed by atoms with Crippen molar-refractivity contribution < 1.29 is 24.1 Å². The molecule has 2 heterocycles. The van der Waals surface area contributed by atoms with E-state index in [0.717, 1.165) is 28.4 Å². The molecule has 128 valence electrons. The van der Waals surface area contributed by atoms with Crippen LogP contribution in [0, 0.1) is 0 Å². The van der Waals surface area contributed by atoms with Gasteiger partial charge >= 0.3 is 5.97 Å². The summed E-state index contributed by atoms with van der Waals surface area (Å²) in [5, 5.41) is 10.1. The van der Waals surface area contributed by atoms with Crippen molar-refractivity contribution in [2.24, 2.45) is 0 Å². The molecule has 0 aliphatic carbocycles. The van der Waals surface area contributed by atoms with Crippen molar-refractivity contribution in [1.82, 2.24) is 8.75 Å². The van der Waals surface area contributed by atoms with Gasteiger partial charge in [0.1, 0.15) is 16.8 Å². The number of methoxy groups -OCH3 is 2. The zero-order valence-electron chi connectivity index (χ0n) is 13.5. The van der Waals surface area contributed by atoms with Crippen LogP contribution < -0.4 is 14.2 Å². The van der Waals surface area contributed by atoms with Crippen LogP contribution in [0.5, 0.6) is 23.0 Å². The molecule has 0 saturated carbocycles. The standard InChI is InChI=1S/C17H14N2O5S/c1-22-12-5-8(6-13(23-2)17(12)21)9-7-14(20)24-11-4-3-10-16(15(9)11)19-25-18-10/h3-6,9,21H,7H2,1-2H3/t9-/m1/s1. The number of ether oxygens (including phenoxy) is 3. The molecule has 1 atom stereocenters. The first-order valence-electron chi connectivity index (χ1n) is 7.53. The van der Waals surface area contributed by atoms with Crippen molar-refractivity contribution >= 4 is 28.7 Å². The van der Waals surface area contributed by atoms with Crippen LogP contribution in [0.3, 0.4) is 0 Å². The highest BCUT2D eigenvalue weighted by atomic mass is 32.1. The first-order chi connectivity index (χ1) is 12.1. The summed E-state index contributed by atoms with van der Waals surface area (Å²) in [5.41, 5.74) is 3.04. The number of hydrogen-bond acceptors (Lipinski definition) is 8. The minimum Gasteiger partial charge on any atom is -0.502 e. The van der Waals surface area contributed by atoms with E-state index in [1.165, 1.54) is 14.2 Å². The number of aromatic nitrogens is 2. The molecule has 2 aromatic carbocycles. The Hall–Kier alpha value is -2.87. The second-order valence-electron chi connectivity index (χ2n) is 5.61. The summed E-state index contributed by atoms with van der Waals surface area (Å²) >= 11 is 1.11. The van der Waals surface area contributed by atoms with Crippen LogP contribution >= 0.6 is 11.7 Å². The number of hydrogen-bond donors (Lipinski definition) is 1. The van der Waals surface area contributed by atoms with Crippen molar-refractivity contribution in [2.45, 2.75) is 12.3 Å². The Morgan fingerprint density at radius 3 is 2.60 bits per heavy atom. The lowest BCUT2D eigenvalue weighted by Crippen LogP contribution is -2.21. The second kappa shape index (κ2) is 5.89. The van der Waals surface area contributed by atoms with E-state index in [-0.39, 0.29) is 35.6 Å². The topological polar surface area (TPSA) is 90.8 Å². The molecule has 1 aromatic heterocycles. The number of benzene rings is 2. The van der Waals surface area contributed by atoms with Gasteiger partial charge in [-0.25, -0.2) is 0 Å². The summed E-state index contributed by atoms with van der Waals surface area (Å²) in [5.74, 6) is 0.323. The zero-order chi connectivity index (χ0) is 17.6. The van der Waals surface area contributed by atoms with Crippen LogP contribution in [-0.4, -0.2) is 34.0 Å². The lowest BCUT2D eigenvalue weighted by molar-refractivity contribution is -0.135. The summed E-state index contributed by atoms with van der Waals surface area (Å²) in [6, 6.07) is 6.91. The zero-order valence-corrected chi connectivity index (χ0v) is 14.3. The normalized spacial score (nSPS) is 16.4. The molecule has 3 aromatic rings. The van der Waals surface area contributed by atoms with Crippen LogP contribution in [0.4, 0.5) is 0 Å². The number of nitrogens with zero attached hydrogens (tertiary/aromatic N) is 2. The number of rotatable bonds is 3. The van der Waals surface area contributed by atoms with Gasteiger partial charge < -0.3 is 19.3 Å². The molecule has 7 nitrogen and oxygen atoms in total. The Kier molecular flexibility index (Phi) is 3.69. The van der Waals surface area contributed by atoms with E-state index in [4.69, 9.17) is 14.2 Å². The first-order valence-corrected chi connectivity index (χ1v) is 8.26. The smallest absolute Gasteiger partial charge is 0.312 e. The highest BCUT2D eigenvalue weighted by Gasteiger charge is 2.32. The maximum Gasteiger partial charge on any atom is 0.312 e. The minimum absolute atomic E-state index is 0.0825. The molecule has 4 rings (SSSR count). The van der Waals surface area contributed by atoms with Gasteiger partial charge in [0.15, 0.2) is 11.5 Å². The third kappa shape index (κ3) is 2.45. The molecule has 1 aliphatic heterocycles. The van der Waals surface area contributed by atoms with Crippen molar-refractivity contribution in [3.63, 3.8) is 0 Å². The molecular weight excluding hydrogens is 344 g/mol. The fraction of sp³-hybridized carbons (Fsp3) is 0.235. The molecule has 1 aliphatic rings. The fourth-order valence-electron chi connectivity index (χ4n) is 3.11. The predicted molar refractivity (Wildman–Crippen MR) is 90.7 cm³/mol. The van der Waals surface area contributed by atoms with Gasteiger partial charge in [-0.2, -0.15) is 8.75 Å². The van der Waals surface area contributed by atoms with E-state index in [9.17, 15) is 9.90 Å². The number of esters is 1. The molecule has 0 fully saturated rings. The largest absolute Gasteiger partial charge is 0.502 e. The molecule has 0 spiro atoms. The van der Waals surface area contributed by atoms with E-state index in [1.807, 2.05) is 0 Å². The molecule has 1 N–H and O–H groups in total. The Balaban J connectivity index is 1.95. The average Bonchev–Trinajstić information content (AvgIpc) is 3.09. The van der Waals surface area contributed by atoms with E-state index >= 15 is 0 Å². The highest BCUT2D eigenvalue weighted by molar-refractivity contribution is 7.00. The maximum absolute atomic E-state index is 12.1. The Labute approximate surface area is 147 Å². The first kappa shape index (κ1) is 15.6. The van der Waals surface area contributed by atoms with Crippen LogP contribution in [0.2, 0.25) is 0 Å². The third-order valence-electron chi connectivity index (χ3n) is 4.27. The highest BCUT2D eigenvalue weighted by Crippen LogP contribution is 2.46. The Morgan fingerprint density at radius 2 is 1.92 bits per heavy atom. The molecule has 8 heteroatoms. The van der Waals surface area contributed by atoms with Gasteiger partial charge in [0, 0.05) is 11.5 Å². The lowest BCUT2D eigenvalue weighted by atomic mass is 9.85. The maximum atomic E-state index is 12.1. The molecule has 0 amide bonds. The van der Waals surface area contributed by atoms with E-state index in [2.05, 4.69) is 8.75 Å². The predicted octanol–water partition coefficient (Wildman–Crippen LogP) is 2.86. The summed E-state index contributed by atoms with van der Waals surface area (Å²) in [6.07, 6.45) is 0.153. The average molecular weight is 358 g/mol. The number of carbonyl (C=O) groups is 1.